The van der Waals surface area contributed by atoms with Gasteiger partial charge in [-0.2, -0.15) is 5.10 Å². The lowest BCUT2D eigenvalue weighted by Crippen LogP contribution is -2.16. The van der Waals surface area contributed by atoms with Crippen LogP contribution in [0.5, 0.6) is 11.5 Å². The number of ether oxygens (including phenoxy) is 1. The van der Waals surface area contributed by atoms with Crippen LogP contribution < -0.4 is 10.1 Å². The van der Waals surface area contributed by atoms with E-state index in [9.17, 15) is 14.9 Å². The predicted molar refractivity (Wildman–Crippen MR) is 101 cm³/mol. The minimum atomic E-state index is -0.582. The highest BCUT2D eigenvalue weighted by atomic mass is 35.5. The number of benzene rings is 2. The van der Waals surface area contributed by atoms with Gasteiger partial charge in [-0.1, -0.05) is 23.2 Å². The molecule has 0 aliphatic carbocycles. The van der Waals surface area contributed by atoms with Crippen LogP contribution in [0.25, 0.3) is 0 Å². The third-order valence-corrected chi connectivity index (χ3v) is 4.05. The molecule has 3 aromatic rings. The monoisotopic (exact) mass is 406 g/mol. The third kappa shape index (κ3) is 4.36. The summed E-state index contributed by atoms with van der Waals surface area (Å²) in [5.41, 5.74) is 0.0617. The summed E-state index contributed by atoms with van der Waals surface area (Å²) in [7, 11) is 1.56. The Bertz CT molecular complexity index is 999. The van der Waals surface area contributed by atoms with Crippen molar-refractivity contribution in [3.05, 3.63) is 74.5 Å². The molecule has 138 valence electrons. The maximum Gasteiger partial charge on any atom is 0.275 e. The summed E-state index contributed by atoms with van der Waals surface area (Å²) in [6.45, 7) is 0. The van der Waals surface area contributed by atoms with E-state index in [2.05, 4.69) is 10.4 Å². The van der Waals surface area contributed by atoms with E-state index in [0.717, 1.165) is 0 Å². The molecule has 0 fully saturated rings. The summed E-state index contributed by atoms with van der Waals surface area (Å²) in [5.74, 6) is 0.0581. The molecule has 1 N–H and O–H groups in total. The molecule has 2 aromatic carbocycles. The lowest BCUT2D eigenvalue weighted by Gasteiger charge is -2.10. The number of non-ortho nitro benzene ring substituents is 1. The number of nitrogens with one attached hydrogen (secondary N) is 1. The van der Waals surface area contributed by atoms with Crippen LogP contribution in [0, 0.1) is 10.1 Å². The van der Waals surface area contributed by atoms with Crippen molar-refractivity contribution in [2.75, 3.05) is 5.32 Å². The highest BCUT2D eigenvalue weighted by Crippen LogP contribution is 2.30. The standard InChI is InChI=1S/C17H12Cl2N4O4/c1-22-16(15(19)9-20-22)17(24)21-11-6-12(23(25)26)8-14(7-11)27-13-4-2-10(18)3-5-13/h2-9H,1H3,(H,21,24). The molecule has 0 radical (unpaired) electrons. The van der Waals surface area contributed by atoms with E-state index < -0.39 is 10.8 Å². The van der Waals surface area contributed by atoms with Crippen LogP contribution in [0.15, 0.2) is 48.7 Å². The van der Waals surface area contributed by atoms with Gasteiger partial charge in [-0.3, -0.25) is 19.6 Å². The molecule has 0 aliphatic rings. The molecule has 0 unspecified atom stereocenters. The Morgan fingerprint density at radius 3 is 2.48 bits per heavy atom. The fourth-order valence-electron chi connectivity index (χ4n) is 2.32. The maximum absolute atomic E-state index is 12.4. The number of rotatable bonds is 5. The first kappa shape index (κ1) is 18.7. The van der Waals surface area contributed by atoms with Gasteiger partial charge >= 0.3 is 0 Å². The summed E-state index contributed by atoms with van der Waals surface area (Å²) in [4.78, 5) is 23.1. The first-order valence-corrected chi connectivity index (χ1v) is 8.31. The number of aromatic nitrogens is 2. The zero-order chi connectivity index (χ0) is 19.6. The van der Waals surface area contributed by atoms with E-state index in [0.29, 0.717) is 10.8 Å². The molecule has 0 saturated carbocycles. The van der Waals surface area contributed by atoms with Crippen molar-refractivity contribution in [1.82, 2.24) is 9.78 Å². The number of amides is 1. The third-order valence-electron chi connectivity index (χ3n) is 3.52. The van der Waals surface area contributed by atoms with E-state index in [-0.39, 0.29) is 27.8 Å². The van der Waals surface area contributed by atoms with Gasteiger partial charge in [-0.05, 0) is 24.3 Å². The Kier molecular flexibility index (Phi) is 5.29. The summed E-state index contributed by atoms with van der Waals surface area (Å²) in [6.07, 6.45) is 1.33. The molecule has 27 heavy (non-hydrogen) atoms. The molecular weight excluding hydrogens is 395 g/mol. The Morgan fingerprint density at radius 1 is 1.19 bits per heavy atom. The quantitative estimate of drug-likeness (QED) is 0.489. The molecule has 3 rings (SSSR count). The van der Waals surface area contributed by atoms with E-state index in [1.54, 1.807) is 31.3 Å². The van der Waals surface area contributed by atoms with Crippen LogP contribution in [0.4, 0.5) is 11.4 Å². The van der Waals surface area contributed by atoms with E-state index in [1.807, 2.05) is 0 Å². The molecule has 1 heterocycles. The second kappa shape index (κ2) is 7.65. The number of nitro groups is 1. The lowest BCUT2D eigenvalue weighted by molar-refractivity contribution is -0.384. The minimum absolute atomic E-state index is 0.128. The van der Waals surface area contributed by atoms with Crippen molar-refractivity contribution < 1.29 is 14.5 Å². The number of anilines is 1. The SMILES string of the molecule is Cn1ncc(Cl)c1C(=O)Nc1cc(Oc2ccc(Cl)cc2)cc([N+](=O)[O-])c1. The normalized spacial score (nSPS) is 10.5. The highest BCUT2D eigenvalue weighted by Gasteiger charge is 2.18. The molecule has 0 aliphatic heterocycles. The van der Waals surface area contributed by atoms with Crippen molar-refractivity contribution in [1.29, 1.82) is 0 Å². The van der Waals surface area contributed by atoms with Gasteiger partial charge in [0.15, 0.2) is 0 Å². The topological polar surface area (TPSA) is 99.3 Å². The molecule has 0 saturated heterocycles. The van der Waals surface area contributed by atoms with Gasteiger partial charge < -0.3 is 10.1 Å². The summed E-state index contributed by atoms with van der Waals surface area (Å²) >= 11 is 11.8. The van der Waals surface area contributed by atoms with Crippen LogP contribution >= 0.6 is 23.2 Å². The number of carbonyl (C=O) groups is 1. The second-order valence-electron chi connectivity index (χ2n) is 5.45. The van der Waals surface area contributed by atoms with Crippen LogP contribution in [0.1, 0.15) is 10.5 Å². The van der Waals surface area contributed by atoms with Gasteiger partial charge in [0.1, 0.15) is 17.2 Å². The van der Waals surface area contributed by atoms with Crippen molar-refractivity contribution in [2.45, 2.75) is 0 Å². The molecule has 0 atom stereocenters. The second-order valence-corrected chi connectivity index (χ2v) is 6.29. The van der Waals surface area contributed by atoms with E-state index >= 15 is 0 Å². The molecule has 10 heteroatoms. The van der Waals surface area contributed by atoms with Crippen LogP contribution in [-0.2, 0) is 7.05 Å². The summed E-state index contributed by atoms with van der Waals surface area (Å²) in [5, 5.41) is 18.4. The largest absolute Gasteiger partial charge is 0.457 e. The van der Waals surface area contributed by atoms with Gasteiger partial charge in [-0.15, -0.1) is 0 Å². The maximum atomic E-state index is 12.4. The molecule has 0 spiro atoms. The Morgan fingerprint density at radius 2 is 1.89 bits per heavy atom. The van der Waals surface area contributed by atoms with Crippen molar-refractivity contribution in [2.24, 2.45) is 7.05 Å². The smallest absolute Gasteiger partial charge is 0.275 e. The summed E-state index contributed by atoms with van der Waals surface area (Å²) < 4.78 is 6.93. The number of halogens is 2. The number of hydrogen-bond donors (Lipinski definition) is 1. The van der Waals surface area contributed by atoms with Crippen molar-refractivity contribution in [3.8, 4) is 11.5 Å². The average Bonchev–Trinajstić information content (AvgIpc) is 2.95. The fourth-order valence-corrected chi connectivity index (χ4v) is 2.69. The lowest BCUT2D eigenvalue weighted by atomic mass is 10.2. The first-order chi connectivity index (χ1) is 12.8. The molecule has 8 nitrogen and oxygen atoms in total. The average molecular weight is 407 g/mol. The first-order valence-electron chi connectivity index (χ1n) is 7.55. The van der Waals surface area contributed by atoms with Gasteiger partial charge in [0.2, 0.25) is 0 Å². The predicted octanol–water partition coefficient (Wildman–Crippen LogP) is 4.68. The Labute approximate surface area is 163 Å². The van der Waals surface area contributed by atoms with Crippen LogP contribution in [-0.4, -0.2) is 20.6 Å². The number of nitro benzene ring substituents is 1. The van der Waals surface area contributed by atoms with Gasteiger partial charge in [0.05, 0.1) is 27.9 Å². The molecule has 1 amide bonds. The van der Waals surface area contributed by atoms with Gasteiger partial charge in [0, 0.05) is 24.2 Å². The van der Waals surface area contributed by atoms with Crippen LogP contribution in [0.3, 0.4) is 0 Å². The Balaban J connectivity index is 1.90. The van der Waals surface area contributed by atoms with Gasteiger partial charge in [0.25, 0.3) is 11.6 Å². The molecular formula is C17H12Cl2N4O4. The molecule has 1 aromatic heterocycles. The number of carbonyl (C=O) groups excluding carboxylic acids is 1. The number of hydrogen-bond acceptors (Lipinski definition) is 5. The minimum Gasteiger partial charge on any atom is -0.457 e. The number of aryl methyl sites for hydroxylation is 1. The number of nitrogens with zero attached hydrogens (tertiary/aromatic N) is 3. The van der Waals surface area contributed by atoms with E-state index in [1.165, 1.54) is 29.1 Å². The fraction of sp³-hybridized carbons (Fsp3) is 0.0588. The van der Waals surface area contributed by atoms with E-state index in [4.69, 9.17) is 27.9 Å². The summed E-state index contributed by atoms with van der Waals surface area (Å²) in [6, 6.07) is 10.4. The van der Waals surface area contributed by atoms with Crippen molar-refractivity contribution >= 4 is 40.5 Å². The van der Waals surface area contributed by atoms with Crippen molar-refractivity contribution in [3.63, 3.8) is 0 Å². The zero-order valence-corrected chi connectivity index (χ0v) is 15.4. The Hall–Kier alpha value is -3.10. The van der Waals surface area contributed by atoms with Crippen LogP contribution in [0.2, 0.25) is 10.0 Å². The zero-order valence-electron chi connectivity index (χ0n) is 13.8. The molecule has 0 bridgehead atoms. The van der Waals surface area contributed by atoms with Gasteiger partial charge in [-0.25, -0.2) is 0 Å². The highest BCUT2D eigenvalue weighted by molar-refractivity contribution is 6.34.